The molecule has 0 aromatic heterocycles. The number of rotatable bonds is 3. The van der Waals surface area contributed by atoms with E-state index < -0.39 is 10.1 Å². The Morgan fingerprint density at radius 1 is 1.11 bits per heavy atom. The summed E-state index contributed by atoms with van der Waals surface area (Å²) in [7, 11) is -3.79. The van der Waals surface area contributed by atoms with E-state index in [9.17, 15) is 8.42 Å². The molecule has 2 rings (SSSR count). The number of benzene rings is 2. The number of hydrogen-bond donors (Lipinski definition) is 0. The average Bonchev–Trinajstić information content (AvgIpc) is 2.26. The first-order chi connectivity index (χ1) is 8.00. The summed E-state index contributed by atoms with van der Waals surface area (Å²) >= 11 is 0. The summed E-state index contributed by atoms with van der Waals surface area (Å²) in [5, 5.41) is 1.51. The molecule has 0 spiro atoms. The van der Waals surface area contributed by atoms with Crippen molar-refractivity contribution in [3.8, 4) is 0 Å². The van der Waals surface area contributed by atoms with Crippen molar-refractivity contribution in [3.05, 3.63) is 54.8 Å². The second kappa shape index (κ2) is 6.32. The third-order valence-electron chi connectivity index (χ3n) is 2.27. The van der Waals surface area contributed by atoms with Crippen LogP contribution in [0, 0.1) is 0 Å². The van der Waals surface area contributed by atoms with E-state index in [1.165, 1.54) is 13.0 Å². The molecule has 18 heavy (non-hydrogen) atoms. The Labute approximate surface area is 149 Å². The molecule has 0 saturated carbocycles. The Morgan fingerprint density at radius 2 is 1.72 bits per heavy atom. The zero-order valence-corrected chi connectivity index (χ0v) is 14.3. The summed E-state index contributed by atoms with van der Waals surface area (Å²) in [5.74, 6) is 0.151. The van der Waals surface area contributed by atoms with Crippen LogP contribution in [-0.2, 0) is 14.3 Å². The third-order valence-corrected chi connectivity index (χ3v) is 3.67. The van der Waals surface area contributed by atoms with Gasteiger partial charge in [0.05, 0.1) is 0 Å². The van der Waals surface area contributed by atoms with Crippen LogP contribution in [0.3, 0.4) is 0 Å². The van der Waals surface area contributed by atoms with Gasteiger partial charge in [0, 0.05) is 56.8 Å². The minimum Gasteiger partial charge on any atom is -0.384 e. The largest absolute Gasteiger partial charge is 0.384 e. The van der Waals surface area contributed by atoms with Gasteiger partial charge in [-0.25, -0.2) is 0 Å². The second-order valence-electron chi connectivity index (χ2n) is 3.72. The molecule has 0 saturated heterocycles. The molecule has 0 atom stereocenters. The molecule has 1 radical (unpaired) electrons. The smallest absolute Gasteiger partial charge is 0.339 e. The summed E-state index contributed by atoms with van der Waals surface area (Å²) in [6.07, 6.45) is 0. The van der Waals surface area contributed by atoms with Crippen LogP contribution in [0.5, 0.6) is 0 Å². The number of allylic oxidation sites excluding steroid dienone is 1. The molecule has 0 bridgehead atoms. The molecular weight excluding hydrogens is 275 g/mol. The van der Waals surface area contributed by atoms with Gasteiger partial charge in [-0.05, 0) is 18.4 Å². The second-order valence-corrected chi connectivity index (χ2v) is 5.23. The zero-order chi connectivity index (χ0) is 12.5. The van der Waals surface area contributed by atoms with Gasteiger partial charge in [-0.2, -0.15) is 8.42 Å². The van der Waals surface area contributed by atoms with Crippen molar-refractivity contribution < 1.29 is 12.6 Å². The molecule has 0 aliphatic heterocycles. The van der Waals surface area contributed by atoms with Crippen molar-refractivity contribution in [2.45, 2.75) is 11.8 Å². The van der Waals surface area contributed by atoms with Crippen molar-refractivity contribution >= 4 is 72.3 Å². The third kappa shape index (κ3) is 3.43. The van der Waals surface area contributed by atoms with Crippen molar-refractivity contribution in [3.63, 3.8) is 0 Å². The quantitative estimate of drug-likeness (QED) is 0.495. The van der Waals surface area contributed by atoms with E-state index in [1.807, 2.05) is 18.2 Å². The molecular formula is C13H12KO3S. The first-order valence-electron chi connectivity index (χ1n) is 5.08. The van der Waals surface area contributed by atoms with Gasteiger partial charge in [0.1, 0.15) is 10.7 Å². The Hall–Kier alpha value is -0.174. The van der Waals surface area contributed by atoms with Crippen LogP contribution in [0.15, 0.2) is 59.7 Å². The molecule has 0 aliphatic rings. The maximum atomic E-state index is 12.0. The molecule has 0 heterocycles. The summed E-state index contributed by atoms with van der Waals surface area (Å²) in [6, 6.07) is 12.3. The Balaban J connectivity index is 0.00000162. The number of fused-ring (bicyclic) bond motifs is 1. The van der Waals surface area contributed by atoms with Crippen LogP contribution in [-0.4, -0.2) is 59.8 Å². The molecule has 3 nitrogen and oxygen atoms in total. The monoisotopic (exact) mass is 287 g/mol. The maximum Gasteiger partial charge on any atom is 0.339 e. The van der Waals surface area contributed by atoms with Gasteiger partial charge < -0.3 is 4.18 Å². The van der Waals surface area contributed by atoms with Crippen molar-refractivity contribution in [2.75, 3.05) is 0 Å². The van der Waals surface area contributed by atoms with E-state index in [4.69, 9.17) is 4.18 Å². The molecule has 0 N–H and O–H groups in total. The van der Waals surface area contributed by atoms with E-state index in [0.29, 0.717) is 5.39 Å². The molecule has 5 heteroatoms. The zero-order valence-electron chi connectivity index (χ0n) is 10.4. The summed E-state index contributed by atoms with van der Waals surface area (Å²) in [6.45, 7) is 4.95. The van der Waals surface area contributed by atoms with Crippen molar-refractivity contribution in [2.24, 2.45) is 0 Å². The molecule has 0 fully saturated rings. The minimum absolute atomic E-state index is 0. The van der Waals surface area contributed by atoms with Crippen molar-refractivity contribution in [1.29, 1.82) is 0 Å². The SMILES string of the molecule is C=C(C)OS(=O)(=O)c1cccc2ccccc12.[K]. The molecule has 2 aromatic rings. The van der Waals surface area contributed by atoms with Gasteiger partial charge in [-0.15, -0.1) is 0 Å². The number of hydrogen-bond acceptors (Lipinski definition) is 3. The predicted octanol–water partition coefficient (Wildman–Crippen LogP) is 2.70. The predicted molar refractivity (Wildman–Crippen MR) is 72.8 cm³/mol. The van der Waals surface area contributed by atoms with Crippen LogP contribution in [0.1, 0.15) is 6.92 Å². The summed E-state index contributed by atoms with van der Waals surface area (Å²) < 4.78 is 28.8. The topological polar surface area (TPSA) is 43.4 Å². The van der Waals surface area contributed by atoms with Crippen LogP contribution in [0.25, 0.3) is 10.8 Å². The fourth-order valence-corrected chi connectivity index (χ4v) is 2.81. The maximum absolute atomic E-state index is 12.0. The average molecular weight is 287 g/mol. The first-order valence-corrected chi connectivity index (χ1v) is 6.49. The van der Waals surface area contributed by atoms with Gasteiger partial charge in [0.25, 0.3) is 0 Å². The van der Waals surface area contributed by atoms with E-state index in [2.05, 4.69) is 6.58 Å². The van der Waals surface area contributed by atoms with Crippen LogP contribution < -0.4 is 0 Å². The first kappa shape index (κ1) is 15.9. The van der Waals surface area contributed by atoms with Crippen LogP contribution in [0.4, 0.5) is 0 Å². The van der Waals surface area contributed by atoms with Crippen molar-refractivity contribution in [1.82, 2.24) is 0 Å². The summed E-state index contributed by atoms with van der Waals surface area (Å²) in [5.41, 5.74) is 0. The van der Waals surface area contributed by atoms with Crippen LogP contribution >= 0.6 is 0 Å². The van der Waals surface area contributed by atoms with Gasteiger partial charge in [-0.1, -0.05) is 43.0 Å². The summed E-state index contributed by atoms with van der Waals surface area (Å²) in [4.78, 5) is 0.165. The van der Waals surface area contributed by atoms with Gasteiger partial charge >= 0.3 is 10.1 Å². The molecule has 0 unspecified atom stereocenters. The molecule has 89 valence electrons. The Kier molecular flexibility index (Phi) is 5.58. The fourth-order valence-electron chi connectivity index (χ4n) is 1.65. The Bertz CT molecular complexity index is 672. The van der Waals surface area contributed by atoms with E-state index in [0.717, 1.165) is 5.39 Å². The van der Waals surface area contributed by atoms with E-state index >= 15 is 0 Å². The van der Waals surface area contributed by atoms with E-state index in [1.54, 1.807) is 18.2 Å². The van der Waals surface area contributed by atoms with Gasteiger partial charge in [0.2, 0.25) is 0 Å². The Morgan fingerprint density at radius 3 is 2.39 bits per heavy atom. The molecule has 2 aromatic carbocycles. The van der Waals surface area contributed by atoms with Gasteiger partial charge in [-0.3, -0.25) is 0 Å². The minimum atomic E-state index is -3.79. The fraction of sp³-hybridized carbons (Fsp3) is 0.0769. The molecule has 0 amide bonds. The normalized spacial score (nSPS) is 10.7. The molecule has 0 aliphatic carbocycles. The van der Waals surface area contributed by atoms with Gasteiger partial charge in [0.15, 0.2) is 0 Å². The standard InChI is InChI=1S/C13H12O3S.K/c1-10(2)16-17(14,15)13-9-5-7-11-6-3-4-8-12(11)13;/h3-9H,1H2,2H3;. The van der Waals surface area contributed by atoms with Crippen LogP contribution in [0.2, 0.25) is 0 Å². The van der Waals surface area contributed by atoms with E-state index in [-0.39, 0.29) is 62.0 Å².